The first-order valence-corrected chi connectivity index (χ1v) is 15.5. The van der Waals surface area contributed by atoms with Gasteiger partial charge in [-0.25, -0.2) is 8.42 Å². The Hall–Kier alpha value is -4.25. The Morgan fingerprint density at radius 2 is 1.58 bits per heavy atom. The van der Waals surface area contributed by atoms with Crippen molar-refractivity contribution in [3.63, 3.8) is 0 Å². The molecule has 0 fully saturated rings. The maximum atomic E-state index is 14.2. The summed E-state index contributed by atoms with van der Waals surface area (Å²) in [5.74, 6) is 0.367. The molecule has 0 aromatic heterocycles. The molecule has 43 heavy (non-hydrogen) atoms. The second-order valence-electron chi connectivity index (χ2n) is 9.95. The molecule has 3 aromatic carbocycles. The van der Waals surface area contributed by atoms with E-state index in [-0.39, 0.29) is 23.1 Å². The fraction of sp³-hybridized carbons (Fsp3) is 0.375. The highest BCUT2D eigenvalue weighted by Crippen LogP contribution is 2.32. The molecule has 0 saturated heterocycles. The van der Waals surface area contributed by atoms with Gasteiger partial charge in [0.1, 0.15) is 18.3 Å². The second kappa shape index (κ2) is 15.3. The molecular weight excluding hydrogens is 570 g/mol. The second-order valence-corrected chi connectivity index (χ2v) is 11.8. The summed E-state index contributed by atoms with van der Waals surface area (Å²) in [4.78, 5) is 28.8. The molecule has 0 unspecified atom stereocenters. The maximum absolute atomic E-state index is 14.2. The number of nitrogens with zero attached hydrogens (tertiary/aromatic N) is 2. The number of methoxy groups -OCH3 is 3. The number of anilines is 1. The first kappa shape index (κ1) is 33.3. The summed E-state index contributed by atoms with van der Waals surface area (Å²) in [6.45, 7) is 5.64. The summed E-state index contributed by atoms with van der Waals surface area (Å²) in [6.07, 6.45) is 1.06. The van der Waals surface area contributed by atoms with Crippen LogP contribution in [0.4, 0.5) is 5.69 Å². The monoisotopic (exact) mass is 611 g/mol. The molecule has 1 N–H and O–H groups in total. The van der Waals surface area contributed by atoms with E-state index in [1.54, 1.807) is 49.6 Å². The van der Waals surface area contributed by atoms with E-state index >= 15 is 0 Å². The normalized spacial score (nSPS) is 11.8. The van der Waals surface area contributed by atoms with Crippen LogP contribution in [-0.2, 0) is 26.2 Å². The number of aryl methyl sites for hydroxylation is 1. The molecule has 1 atom stereocenters. The summed E-state index contributed by atoms with van der Waals surface area (Å²) in [6, 6.07) is 17.5. The first-order chi connectivity index (χ1) is 20.6. The van der Waals surface area contributed by atoms with Crippen molar-refractivity contribution >= 4 is 27.5 Å². The van der Waals surface area contributed by atoms with Crippen molar-refractivity contribution in [2.75, 3.05) is 38.7 Å². The van der Waals surface area contributed by atoms with Crippen molar-refractivity contribution in [3.8, 4) is 17.2 Å². The van der Waals surface area contributed by atoms with Gasteiger partial charge in [0.2, 0.25) is 11.8 Å². The van der Waals surface area contributed by atoms with Crippen LogP contribution in [0.5, 0.6) is 17.2 Å². The first-order valence-electron chi connectivity index (χ1n) is 14.1. The molecule has 0 aliphatic carbocycles. The van der Waals surface area contributed by atoms with Gasteiger partial charge >= 0.3 is 0 Å². The van der Waals surface area contributed by atoms with E-state index in [1.807, 2.05) is 26.8 Å². The number of hydrogen-bond donors (Lipinski definition) is 1. The fourth-order valence-electron chi connectivity index (χ4n) is 4.60. The molecule has 232 valence electrons. The van der Waals surface area contributed by atoms with Gasteiger partial charge in [0.05, 0.1) is 31.9 Å². The summed E-state index contributed by atoms with van der Waals surface area (Å²) in [5.41, 5.74) is 1.97. The minimum absolute atomic E-state index is 0.0756. The van der Waals surface area contributed by atoms with Crippen molar-refractivity contribution in [2.24, 2.45) is 0 Å². The van der Waals surface area contributed by atoms with Crippen LogP contribution in [0.15, 0.2) is 71.6 Å². The molecule has 2 amide bonds. The highest BCUT2D eigenvalue weighted by atomic mass is 32.2. The third kappa shape index (κ3) is 8.19. The number of sulfonamides is 1. The molecule has 3 aromatic rings. The van der Waals surface area contributed by atoms with Crippen molar-refractivity contribution in [3.05, 3.63) is 77.9 Å². The van der Waals surface area contributed by atoms with Crippen LogP contribution < -0.4 is 23.8 Å². The van der Waals surface area contributed by atoms with Gasteiger partial charge in [-0.2, -0.15) is 0 Å². The van der Waals surface area contributed by atoms with Gasteiger partial charge in [-0.15, -0.1) is 0 Å². The molecule has 0 aliphatic rings. The minimum atomic E-state index is -4.27. The van der Waals surface area contributed by atoms with Gasteiger partial charge in [-0.3, -0.25) is 13.9 Å². The fourth-order valence-corrected chi connectivity index (χ4v) is 6.03. The van der Waals surface area contributed by atoms with Crippen LogP contribution in [0, 0.1) is 6.92 Å². The van der Waals surface area contributed by atoms with Crippen LogP contribution >= 0.6 is 0 Å². The number of hydrogen-bond acceptors (Lipinski definition) is 7. The van der Waals surface area contributed by atoms with Crippen molar-refractivity contribution in [1.29, 1.82) is 0 Å². The SMILES string of the molecule is CCCNC(=O)[C@H](CC)N(Cc1cccc(OC)c1)C(=O)CN(c1ccc(C)cc1)S(=O)(=O)c1ccc(OC)c(OC)c1. The average molecular weight is 612 g/mol. The van der Waals surface area contributed by atoms with E-state index in [1.165, 1.54) is 37.3 Å². The standard InChI is InChI=1S/C32H41N3O7S/c1-7-18-33-32(37)28(8-2)34(21-24-10-9-11-26(19-24)40-4)31(36)22-35(25-14-12-23(3)13-15-25)43(38,39)27-16-17-29(41-5)30(20-27)42-6/h9-17,19-20,28H,7-8,18,21-22H2,1-6H3,(H,33,37)/t28-/m0/s1. The van der Waals surface area contributed by atoms with Crippen LogP contribution in [-0.4, -0.2) is 65.6 Å². The van der Waals surface area contributed by atoms with E-state index in [2.05, 4.69) is 5.32 Å². The van der Waals surface area contributed by atoms with E-state index < -0.39 is 28.5 Å². The predicted octanol–water partition coefficient (Wildman–Crippen LogP) is 4.55. The number of benzene rings is 3. The molecule has 0 heterocycles. The Kier molecular flexibility index (Phi) is 11.8. The van der Waals surface area contributed by atoms with Gasteiger partial charge in [0.15, 0.2) is 11.5 Å². The Bertz CT molecular complexity index is 1490. The summed E-state index contributed by atoms with van der Waals surface area (Å²) >= 11 is 0. The van der Waals surface area contributed by atoms with Gasteiger partial charge in [0, 0.05) is 19.2 Å². The van der Waals surface area contributed by atoms with E-state index in [9.17, 15) is 18.0 Å². The molecule has 0 radical (unpaired) electrons. The lowest BCUT2D eigenvalue weighted by Gasteiger charge is -2.33. The van der Waals surface area contributed by atoms with Gasteiger partial charge in [-0.1, -0.05) is 43.7 Å². The van der Waals surface area contributed by atoms with Crippen molar-refractivity contribution < 1.29 is 32.2 Å². The van der Waals surface area contributed by atoms with E-state index in [0.29, 0.717) is 30.2 Å². The molecule has 0 saturated carbocycles. The van der Waals surface area contributed by atoms with Crippen molar-refractivity contribution in [2.45, 2.75) is 51.1 Å². The smallest absolute Gasteiger partial charge is 0.264 e. The molecule has 0 aliphatic heterocycles. The number of carbonyl (C=O) groups is 2. The lowest BCUT2D eigenvalue weighted by molar-refractivity contribution is -0.140. The zero-order valence-corrected chi connectivity index (χ0v) is 26.4. The molecule has 0 bridgehead atoms. The maximum Gasteiger partial charge on any atom is 0.264 e. The zero-order chi connectivity index (χ0) is 31.6. The highest BCUT2D eigenvalue weighted by molar-refractivity contribution is 7.92. The molecule has 3 rings (SSSR count). The van der Waals surface area contributed by atoms with E-state index in [4.69, 9.17) is 14.2 Å². The number of ether oxygens (including phenoxy) is 3. The number of rotatable bonds is 15. The molecular formula is C32H41N3O7S. The van der Waals surface area contributed by atoms with Crippen LogP contribution in [0.1, 0.15) is 37.8 Å². The predicted molar refractivity (Wildman–Crippen MR) is 166 cm³/mol. The number of nitrogens with one attached hydrogen (secondary N) is 1. The summed E-state index contributed by atoms with van der Waals surface area (Å²) in [5, 5.41) is 2.88. The number of amides is 2. The van der Waals surface area contributed by atoms with Crippen LogP contribution in [0.2, 0.25) is 0 Å². The van der Waals surface area contributed by atoms with E-state index in [0.717, 1.165) is 21.9 Å². The number of carbonyl (C=O) groups excluding carboxylic acids is 2. The molecule has 10 nitrogen and oxygen atoms in total. The molecule has 0 spiro atoms. The summed E-state index contributed by atoms with van der Waals surface area (Å²) in [7, 11) is 0.152. The highest BCUT2D eigenvalue weighted by Gasteiger charge is 2.34. The lowest BCUT2D eigenvalue weighted by Crippen LogP contribution is -2.52. The molecule has 11 heteroatoms. The topological polar surface area (TPSA) is 114 Å². The van der Waals surface area contributed by atoms with Gasteiger partial charge in [-0.05, 0) is 61.7 Å². The Labute approximate surface area is 254 Å². The minimum Gasteiger partial charge on any atom is -0.497 e. The van der Waals surface area contributed by atoms with Gasteiger partial charge < -0.3 is 24.4 Å². The largest absolute Gasteiger partial charge is 0.497 e. The van der Waals surface area contributed by atoms with Crippen molar-refractivity contribution in [1.82, 2.24) is 10.2 Å². The Morgan fingerprint density at radius 3 is 2.19 bits per heavy atom. The Balaban J connectivity index is 2.09. The third-order valence-corrected chi connectivity index (χ3v) is 8.74. The van der Waals surface area contributed by atoms with Crippen LogP contribution in [0.25, 0.3) is 0 Å². The Morgan fingerprint density at radius 1 is 0.884 bits per heavy atom. The third-order valence-electron chi connectivity index (χ3n) is 6.97. The van der Waals surface area contributed by atoms with Gasteiger partial charge in [0.25, 0.3) is 10.0 Å². The van der Waals surface area contributed by atoms with Crippen LogP contribution in [0.3, 0.4) is 0 Å². The average Bonchev–Trinajstić information content (AvgIpc) is 3.02. The quantitative estimate of drug-likeness (QED) is 0.268. The summed E-state index contributed by atoms with van der Waals surface area (Å²) < 4.78 is 45.4. The lowest BCUT2D eigenvalue weighted by atomic mass is 10.1. The zero-order valence-electron chi connectivity index (χ0n) is 25.6.